The van der Waals surface area contributed by atoms with Gasteiger partial charge in [0.05, 0.1) is 12.8 Å². The van der Waals surface area contributed by atoms with Crippen molar-refractivity contribution in [3.8, 4) is 0 Å². The molecule has 1 N–H and O–H groups in total. The number of carbonyl (C=O) groups excluding carboxylic acids is 2. The third kappa shape index (κ3) is 4.36. The monoisotopic (exact) mass is 353 g/mol. The number of nitrogens with zero attached hydrogens (tertiary/aromatic N) is 2. The Bertz CT molecular complexity index is 816. The van der Waals surface area contributed by atoms with Gasteiger partial charge in [-0.15, -0.1) is 11.3 Å². The van der Waals surface area contributed by atoms with Crippen LogP contribution in [-0.4, -0.2) is 38.4 Å². The van der Waals surface area contributed by atoms with Gasteiger partial charge in [0.25, 0.3) is 5.91 Å². The molecule has 2 aromatic rings. The Morgan fingerprint density at radius 1 is 1.35 bits per heavy atom. The Labute approximate surface area is 138 Å². The van der Waals surface area contributed by atoms with Gasteiger partial charge in [-0.1, -0.05) is 18.2 Å². The van der Waals surface area contributed by atoms with Crippen molar-refractivity contribution in [2.75, 3.05) is 17.7 Å². The third-order valence-electron chi connectivity index (χ3n) is 2.83. The highest BCUT2D eigenvalue weighted by atomic mass is 32.2. The molecule has 0 unspecified atom stereocenters. The molecule has 1 aromatic carbocycles. The van der Waals surface area contributed by atoms with Gasteiger partial charge in [-0.05, 0) is 19.1 Å². The van der Waals surface area contributed by atoms with Crippen LogP contribution in [-0.2, 0) is 14.8 Å². The summed E-state index contributed by atoms with van der Waals surface area (Å²) >= 11 is 1.21. The zero-order chi connectivity index (χ0) is 17.0. The van der Waals surface area contributed by atoms with E-state index in [0.29, 0.717) is 10.0 Å². The normalized spacial score (nSPS) is 11.0. The molecule has 0 saturated carbocycles. The highest BCUT2D eigenvalue weighted by Gasteiger charge is 2.21. The fourth-order valence-electron chi connectivity index (χ4n) is 1.90. The second-order valence-electron chi connectivity index (χ2n) is 4.72. The second kappa shape index (κ2) is 6.88. The number of hydrogen-bond donors (Lipinski definition) is 1. The van der Waals surface area contributed by atoms with Crippen molar-refractivity contribution in [2.45, 2.75) is 6.92 Å². The van der Waals surface area contributed by atoms with Crippen LogP contribution in [0.25, 0.3) is 0 Å². The minimum absolute atomic E-state index is 0.0299. The number of para-hydroxylation sites is 1. The molecular weight excluding hydrogens is 338 g/mol. The van der Waals surface area contributed by atoms with E-state index in [4.69, 9.17) is 0 Å². The van der Waals surface area contributed by atoms with E-state index >= 15 is 0 Å². The van der Waals surface area contributed by atoms with E-state index in [1.165, 1.54) is 11.3 Å². The molecule has 1 aromatic heterocycles. The summed E-state index contributed by atoms with van der Waals surface area (Å²) in [6, 6.07) is 9.13. The number of sulfonamides is 1. The van der Waals surface area contributed by atoms with Gasteiger partial charge in [0.1, 0.15) is 12.0 Å². The maximum atomic E-state index is 12.0. The van der Waals surface area contributed by atoms with Crippen molar-refractivity contribution >= 4 is 44.4 Å². The van der Waals surface area contributed by atoms with Gasteiger partial charge >= 0.3 is 0 Å². The van der Waals surface area contributed by atoms with Crippen molar-refractivity contribution < 1.29 is 18.0 Å². The predicted octanol–water partition coefficient (Wildman–Crippen LogP) is 1.48. The van der Waals surface area contributed by atoms with Crippen LogP contribution in [0.4, 0.5) is 10.8 Å². The van der Waals surface area contributed by atoms with E-state index < -0.39 is 15.9 Å². The lowest BCUT2D eigenvalue weighted by atomic mass is 10.3. The number of aldehydes is 1. The number of anilines is 2. The molecular formula is C14H15N3O4S2. The first kappa shape index (κ1) is 17.1. The number of rotatable bonds is 6. The lowest BCUT2D eigenvalue weighted by Gasteiger charge is -2.18. The number of benzene rings is 1. The van der Waals surface area contributed by atoms with Crippen LogP contribution in [0.1, 0.15) is 15.4 Å². The highest BCUT2D eigenvalue weighted by Crippen LogP contribution is 2.31. The van der Waals surface area contributed by atoms with Crippen LogP contribution in [0.2, 0.25) is 0 Å². The Balaban J connectivity index is 2.38. The fraction of sp³-hybridized carbons (Fsp3) is 0.214. The second-order valence-corrected chi connectivity index (χ2v) is 7.65. The molecule has 0 aliphatic carbocycles. The molecule has 122 valence electrons. The average molecular weight is 353 g/mol. The number of thiazole rings is 1. The number of aromatic nitrogens is 1. The number of hydrogen-bond acceptors (Lipinski definition) is 7. The minimum atomic E-state index is -3.67. The van der Waals surface area contributed by atoms with Crippen LogP contribution in [0.3, 0.4) is 0 Å². The molecule has 0 radical (unpaired) electrons. The van der Waals surface area contributed by atoms with E-state index in [9.17, 15) is 18.0 Å². The number of aryl methyl sites for hydroxylation is 1. The quantitative estimate of drug-likeness (QED) is 0.790. The lowest BCUT2D eigenvalue weighted by Crippen LogP contribution is -2.30. The van der Waals surface area contributed by atoms with Crippen LogP contribution in [0, 0.1) is 6.92 Å². The van der Waals surface area contributed by atoms with Gasteiger partial charge in [0.2, 0.25) is 10.0 Å². The molecule has 1 heterocycles. The molecule has 0 aliphatic heterocycles. The summed E-state index contributed by atoms with van der Waals surface area (Å²) < 4.78 is 24.2. The van der Waals surface area contributed by atoms with Crippen molar-refractivity contribution in [1.29, 1.82) is 0 Å². The highest BCUT2D eigenvalue weighted by molar-refractivity contribution is 7.89. The molecule has 2 rings (SSSR count). The van der Waals surface area contributed by atoms with Crippen LogP contribution >= 0.6 is 11.3 Å². The van der Waals surface area contributed by atoms with Crippen LogP contribution < -0.4 is 9.62 Å². The van der Waals surface area contributed by atoms with E-state index in [-0.39, 0.29) is 12.2 Å². The third-order valence-corrected chi connectivity index (χ3v) is 4.38. The molecule has 9 heteroatoms. The number of nitrogens with one attached hydrogen (secondary N) is 1. The van der Waals surface area contributed by atoms with E-state index in [2.05, 4.69) is 4.98 Å². The first-order chi connectivity index (χ1) is 10.8. The van der Waals surface area contributed by atoms with Crippen molar-refractivity contribution in [2.24, 2.45) is 0 Å². The number of amides is 1. The van der Waals surface area contributed by atoms with Gasteiger partial charge < -0.3 is 9.69 Å². The molecule has 0 spiro atoms. The summed E-state index contributed by atoms with van der Waals surface area (Å²) in [5, 5.41) is 0.444. The topological polar surface area (TPSA) is 96.4 Å². The Morgan fingerprint density at radius 2 is 2.00 bits per heavy atom. The largest absolute Gasteiger partial charge is 0.311 e. The SMILES string of the molecule is Cc1sc(N(CC=O)c2ccccc2)nc1C(=O)NS(C)(=O)=O. The first-order valence-electron chi connectivity index (χ1n) is 6.57. The zero-order valence-corrected chi connectivity index (χ0v) is 14.1. The summed E-state index contributed by atoms with van der Waals surface area (Å²) in [5.41, 5.74) is 0.783. The molecule has 0 aliphatic rings. The summed E-state index contributed by atoms with van der Waals surface area (Å²) in [6.07, 6.45) is 1.64. The Kier molecular flexibility index (Phi) is 5.12. The molecule has 1 amide bonds. The van der Waals surface area contributed by atoms with Crippen molar-refractivity contribution in [3.05, 3.63) is 40.9 Å². The van der Waals surface area contributed by atoms with Crippen LogP contribution in [0.15, 0.2) is 30.3 Å². The van der Waals surface area contributed by atoms with Crippen LogP contribution in [0.5, 0.6) is 0 Å². The van der Waals surface area contributed by atoms with Gasteiger partial charge in [0, 0.05) is 10.6 Å². The number of carbonyl (C=O) groups is 2. The summed E-state index contributed by atoms with van der Waals surface area (Å²) in [7, 11) is -3.67. The summed E-state index contributed by atoms with van der Waals surface area (Å²) in [6.45, 7) is 1.74. The minimum Gasteiger partial charge on any atom is -0.311 e. The first-order valence-corrected chi connectivity index (χ1v) is 9.28. The Hall–Kier alpha value is -2.26. The molecule has 0 bridgehead atoms. The van der Waals surface area contributed by atoms with Crippen molar-refractivity contribution in [1.82, 2.24) is 9.71 Å². The molecule has 23 heavy (non-hydrogen) atoms. The average Bonchev–Trinajstić information content (AvgIpc) is 2.85. The Morgan fingerprint density at radius 3 is 2.57 bits per heavy atom. The fourth-order valence-corrected chi connectivity index (χ4v) is 3.27. The van der Waals surface area contributed by atoms with E-state index in [0.717, 1.165) is 18.2 Å². The van der Waals surface area contributed by atoms with Crippen molar-refractivity contribution in [3.63, 3.8) is 0 Å². The van der Waals surface area contributed by atoms with Gasteiger partial charge in [-0.3, -0.25) is 4.79 Å². The van der Waals surface area contributed by atoms with Gasteiger partial charge in [-0.25, -0.2) is 18.1 Å². The van der Waals surface area contributed by atoms with E-state index in [1.54, 1.807) is 11.8 Å². The smallest absolute Gasteiger partial charge is 0.284 e. The lowest BCUT2D eigenvalue weighted by molar-refractivity contribution is -0.106. The summed E-state index contributed by atoms with van der Waals surface area (Å²) in [5.74, 6) is -0.786. The zero-order valence-electron chi connectivity index (χ0n) is 12.5. The molecule has 0 saturated heterocycles. The van der Waals surface area contributed by atoms with Gasteiger partial charge in [-0.2, -0.15) is 0 Å². The standard InChI is InChI=1S/C14H15N3O4S2/c1-10-12(13(19)16-23(2,20)21)15-14(22-10)17(8-9-18)11-6-4-3-5-7-11/h3-7,9H,8H2,1-2H3,(H,16,19). The maximum Gasteiger partial charge on any atom is 0.284 e. The molecule has 7 nitrogen and oxygen atoms in total. The molecule has 0 fully saturated rings. The predicted molar refractivity (Wildman–Crippen MR) is 88.7 cm³/mol. The summed E-state index contributed by atoms with van der Waals surface area (Å²) in [4.78, 5) is 29.3. The van der Waals surface area contributed by atoms with Gasteiger partial charge in [0.15, 0.2) is 5.13 Å². The molecule has 0 atom stereocenters. The van der Waals surface area contributed by atoms with E-state index in [1.807, 2.05) is 35.1 Å². The maximum absolute atomic E-state index is 12.0.